The minimum Gasteiger partial charge on any atom is -0.376 e. The summed E-state index contributed by atoms with van der Waals surface area (Å²) in [5.41, 5.74) is 1.30. The van der Waals surface area contributed by atoms with Crippen molar-refractivity contribution in [1.82, 2.24) is 25.1 Å². The lowest BCUT2D eigenvalue weighted by molar-refractivity contribution is -0.120. The van der Waals surface area contributed by atoms with Crippen LogP contribution in [0.25, 0.3) is 22.3 Å². The van der Waals surface area contributed by atoms with E-state index < -0.39 is 5.54 Å². The number of para-hydroxylation sites is 1. The number of nitrogens with one attached hydrogen (secondary N) is 2. The van der Waals surface area contributed by atoms with Gasteiger partial charge in [0.2, 0.25) is 5.91 Å². The minimum atomic E-state index is -0.726. The molecule has 3 aromatic rings. The van der Waals surface area contributed by atoms with Gasteiger partial charge in [0, 0.05) is 29.3 Å². The highest BCUT2D eigenvalue weighted by molar-refractivity contribution is 7.99. The first kappa shape index (κ1) is 22.0. The number of rotatable bonds is 7. The van der Waals surface area contributed by atoms with E-state index in [4.69, 9.17) is 4.74 Å². The Kier molecular flexibility index (Phi) is 6.38. The lowest BCUT2D eigenvalue weighted by Gasteiger charge is -2.31. The molecule has 3 heterocycles. The Morgan fingerprint density at radius 1 is 1.27 bits per heavy atom. The van der Waals surface area contributed by atoms with Gasteiger partial charge in [0.05, 0.1) is 24.5 Å². The van der Waals surface area contributed by atoms with Crippen molar-refractivity contribution in [3.63, 3.8) is 0 Å². The van der Waals surface area contributed by atoms with Crippen molar-refractivity contribution >= 4 is 28.6 Å². The molecule has 1 aliphatic heterocycles. The van der Waals surface area contributed by atoms with Crippen molar-refractivity contribution in [3.8, 4) is 17.5 Å². The van der Waals surface area contributed by atoms with Gasteiger partial charge in [-0.3, -0.25) is 9.36 Å². The number of thioether (sulfide) groups is 1. The molecule has 2 N–H and O–H groups in total. The molecule has 8 nitrogen and oxygen atoms in total. The molecule has 9 heteroatoms. The molecule has 0 bridgehead atoms. The molecule has 1 aliphatic carbocycles. The average Bonchev–Trinajstić information content (AvgIpc) is 3.59. The third kappa shape index (κ3) is 4.63. The van der Waals surface area contributed by atoms with Gasteiger partial charge < -0.3 is 15.0 Å². The zero-order valence-electron chi connectivity index (χ0n) is 18.5. The summed E-state index contributed by atoms with van der Waals surface area (Å²) in [6.45, 7) is 1.42. The summed E-state index contributed by atoms with van der Waals surface area (Å²) in [5.74, 6) is 0.830. The Hall–Kier alpha value is -2.83. The molecule has 0 spiro atoms. The molecule has 1 aromatic carbocycles. The van der Waals surface area contributed by atoms with Gasteiger partial charge in [-0.25, -0.2) is 0 Å². The van der Waals surface area contributed by atoms with E-state index in [9.17, 15) is 10.1 Å². The third-order valence-corrected chi connectivity index (χ3v) is 7.56. The number of fused-ring (bicyclic) bond motifs is 1. The van der Waals surface area contributed by atoms with Crippen LogP contribution in [-0.4, -0.2) is 49.7 Å². The standard InChI is InChI=1S/C24H28N6O2S/c25-16-24(10-4-1-5-11-24)27-21(31)15-33-23-29-28-22(30(23)14-17-7-6-12-32-17)19-13-26-20-9-3-2-8-18(19)20/h2-3,8-9,13,17,26H,1,4-7,10-12,14-15H2,(H,27,31). The molecule has 1 amide bonds. The molecule has 172 valence electrons. The molecule has 0 radical (unpaired) electrons. The molecule has 1 unspecified atom stereocenters. The number of benzene rings is 1. The highest BCUT2D eigenvalue weighted by Crippen LogP contribution is 2.32. The lowest BCUT2D eigenvalue weighted by Crippen LogP contribution is -2.49. The zero-order chi connectivity index (χ0) is 22.7. The normalized spacial score (nSPS) is 20.0. The number of amides is 1. The Morgan fingerprint density at radius 3 is 2.91 bits per heavy atom. The van der Waals surface area contributed by atoms with Crippen LogP contribution >= 0.6 is 11.8 Å². The van der Waals surface area contributed by atoms with Crippen LogP contribution in [0.2, 0.25) is 0 Å². The first-order chi connectivity index (χ1) is 16.2. The number of aromatic amines is 1. The summed E-state index contributed by atoms with van der Waals surface area (Å²) in [6.07, 6.45) is 8.65. The quantitative estimate of drug-likeness (QED) is 0.511. The maximum absolute atomic E-state index is 12.7. The van der Waals surface area contributed by atoms with Crippen LogP contribution in [0.1, 0.15) is 44.9 Å². The maximum Gasteiger partial charge on any atom is 0.231 e. The molecular formula is C24H28N6O2S. The van der Waals surface area contributed by atoms with Gasteiger partial charge in [0.25, 0.3) is 0 Å². The summed E-state index contributed by atoms with van der Waals surface area (Å²) in [7, 11) is 0. The average molecular weight is 465 g/mol. The van der Waals surface area contributed by atoms with Gasteiger partial charge in [-0.2, -0.15) is 5.26 Å². The van der Waals surface area contributed by atoms with Crippen LogP contribution in [0.15, 0.2) is 35.6 Å². The lowest BCUT2D eigenvalue weighted by atomic mass is 9.83. The van der Waals surface area contributed by atoms with Gasteiger partial charge >= 0.3 is 0 Å². The van der Waals surface area contributed by atoms with Crippen molar-refractivity contribution in [3.05, 3.63) is 30.5 Å². The van der Waals surface area contributed by atoms with E-state index >= 15 is 0 Å². The van der Waals surface area contributed by atoms with Crippen molar-refractivity contribution < 1.29 is 9.53 Å². The molecule has 1 saturated carbocycles. The predicted molar refractivity (Wildman–Crippen MR) is 127 cm³/mol. The molecule has 33 heavy (non-hydrogen) atoms. The second kappa shape index (κ2) is 9.57. The van der Waals surface area contributed by atoms with E-state index in [-0.39, 0.29) is 17.8 Å². The van der Waals surface area contributed by atoms with Gasteiger partial charge in [0.1, 0.15) is 5.54 Å². The Labute approximate surface area is 197 Å². The van der Waals surface area contributed by atoms with Crippen molar-refractivity contribution in [2.75, 3.05) is 12.4 Å². The monoisotopic (exact) mass is 464 g/mol. The van der Waals surface area contributed by atoms with Crippen LogP contribution in [0.5, 0.6) is 0 Å². The molecule has 2 aromatic heterocycles. The first-order valence-electron chi connectivity index (χ1n) is 11.6. The first-order valence-corrected chi connectivity index (χ1v) is 12.6. The van der Waals surface area contributed by atoms with Gasteiger partial charge in [0.15, 0.2) is 11.0 Å². The number of nitriles is 1. The van der Waals surface area contributed by atoms with Gasteiger partial charge in [-0.05, 0) is 31.7 Å². The van der Waals surface area contributed by atoms with E-state index in [1.165, 1.54) is 11.8 Å². The number of carbonyl (C=O) groups is 1. The van der Waals surface area contributed by atoms with Crippen LogP contribution in [0.3, 0.4) is 0 Å². The van der Waals surface area contributed by atoms with Crippen LogP contribution in [-0.2, 0) is 16.1 Å². The highest BCUT2D eigenvalue weighted by Gasteiger charge is 2.33. The fraction of sp³-hybridized carbons (Fsp3) is 0.500. The third-order valence-electron chi connectivity index (χ3n) is 6.59. The van der Waals surface area contributed by atoms with Crippen molar-refractivity contribution in [2.24, 2.45) is 0 Å². The SMILES string of the molecule is N#CC1(NC(=O)CSc2nnc(-c3c[nH]c4ccccc34)n2CC2CCCO2)CCCCC1. The zero-order valence-corrected chi connectivity index (χ0v) is 19.4. The van der Waals surface area contributed by atoms with Crippen LogP contribution < -0.4 is 5.32 Å². The number of nitrogens with zero attached hydrogens (tertiary/aromatic N) is 4. The Bertz CT molecular complexity index is 1170. The summed E-state index contributed by atoms with van der Waals surface area (Å²) in [5, 5.41) is 23.4. The smallest absolute Gasteiger partial charge is 0.231 e. The van der Waals surface area contributed by atoms with E-state index in [1.54, 1.807) is 0 Å². The fourth-order valence-corrected chi connectivity index (χ4v) is 5.61. The Morgan fingerprint density at radius 2 is 2.12 bits per heavy atom. The second-order valence-corrected chi connectivity index (χ2v) is 9.83. The van der Waals surface area contributed by atoms with Crippen molar-refractivity contribution in [1.29, 1.82) is 5.26 Å². The topological polar surface area (TPSA) is 109 Å². The highest BCUT2D eigenvalue weighted by atomic mass is 32.2. The summed E-state index contributed by atoms with van der Waals surface area (Å²) < 4.78 is 7.96. The number of carbonyl (C=O) groups excluding carboxylic acids is 1. The molecule has 1 atom stereocenters. The molecule has 2 fully saturated rings. The number of ether oxygens (including phenoxy) is 1. The molecule has 5 rings (SSSR count). The van der Waals surface area contributed by atoms with E-state index in [1.807, 2.05) is 24.4 Å². The van der Waals surface area contributed by atoms with E-state index in [0.29, 0.717) is 11.7 Å². The van der Waals surface area contributed by atoms with E-state index in [0.717, 1.165) is 73.8 Å². The summed E-state index contributed by atoms with van der Waals surface area (Å²) in [4.78, 5) is 16.1. The number of hydrogen-bond donors (Lipinski definition) is 2. The molecule has 2 aliphatic rings. The second-order valence-electron chi connectivity index (χ2n) is 8.89. The molecule has 1 saturated heterocycles. The largest absolute Gasteiger partial charge is 0.376 e. The van der Waals surface area contributed by atoms with Gasteiger partial charge in [-0.15, -0.1) is 10.2 Å². The van der Waals surface area contributed by atoms with Crippen molar-refractivity contribution in [2.45, 2.75) is 68.3 Å². The Balaban J connectivity index is 1.37. The fourth-order valence-electron chi connectivity index (χ4n) is 4.86. The number of H-pyrrole nitrogens is 1. The predicted octanol–water partition coefficient (Wildman–Crippen LogP) is 4.04. The van der Waals surface area contributed by atoms with E-state index in [2.05, 4.69) is 37.2 Å². The van der Waals surface area contributed by atoms with Crippen LogP contribution in [0, 0.1) is 11.3 Å². The number of hydrogen-bond acceptors (Lipinski definition) is 6. The van der Waals surface area contributed by atoms with Gasteiger partial charge in [-0.1, -0.05) is 49.2 Å². The summed E-state index contributed by atoms with van der Waals surface area (Å²) in [6, 6.07) is 10.5. The molecular weight excluding hydrogens is 436 g/mol. The maximum atomic E-state index is 12.7. The summed E-state index contributed by atoms with van der Waals surface area (Å²) >= 11 is 1.36. The van der Waals surface area contributed by atoms with Crippen LogP contribution in [0.4, 0.5) is 0 Å². The number of aromatic nitrogens is 4. The minimum absolute atomic E-state index is 0.113.